The highest BCUT2D eigenvalue weighted by Gasteiger charge is 2.50. The van der Waals surface area contributed by atoms with Crippen molar-refractivity contribution in [3.8, 4) is 11.1 Å². The Balaban J connectivity index is 1.12. The quantitative estimate of drug-likeness (QED) is 0.527. The molecule has 3 N–H and O–H groups in total. The van der Waals surface area contributed by atoms with Crippen LogP contribution in [0.15, 0.2) is 48.5 Å². The Bertz CT molecular complexity index is 1090. The first-order valence-electron chi connectivity index (χ1n) is 12.6. The first kappa shape index (κ1) is 23.4. The SMILES string of the molecule is CCC(CC(=O)O)NC(=O)C1C[C@@H]2C[C@H](NC(=O)OCC3c4ccccc4-c4ccccc43)[C@@H]2C1. The van der Waals surface area contributed by atoms with Gasteiger partial charge in [-0.05, 0) is 59.8 Å². The Morgan fingerprint density at radius 1 is 1.00 bits per heavy atom. The molecule has 2 aromatic carbocycles. The van der Waals surface area contributed by atoms with E-state index in [1.165, 1.54) is 22.3 Å². The minimum absolute atomic E-state index is 0.0226. The number of benzene rings is 2. The van der Waals surface area contributed by atoms with Crippen molar-refractivity contribution in [2.75, 3.05) is 6.61 Å². The lowest BCUT2D eigenvalue weighted by molar-refractivity contribution is -0.137. The maximum Gasteiger partial charge on any atom is 0.407 e. The van der Waals surface area contributed by atoms with Crippen LogP contribution in [0.3, 0.4) is 0 Å². The number of carboxylic acid groups (broad SMARTS) is 1. The average molecular weight is 477 g/mol. The number of aliphatic carboxylic acids is 1. The third-order valence-electron chi connectivity index (χ3n) is 8.10. The van der Waals surface area contributed by atoms with Crippen molar-refractivity contribution < 1.29 is 24.2 Å². The van der Waals surface area contributed by atoms with Gasteiger partial charge >= 0.3 is 12.1 Å². The summed E-state index contributed by atoms with van der Waals surface area (Å²) in [6.07, 6.45) is 2.48. The number of fused-ring (bicyclic) bond motifs is 4. The number of hydrogen-bond donors (Lipinski definition) is 3. The third kappa shape index (κ3) is 4.64. The van der Waals surface area contributed by atoms with Gasteiger partial charge in [-0.25, -0.2) is 4.79 Å². The first-order valence-corrected chi connectivity index (χ1v) is 12.6. The summed E-state index contributed by atoms with van der Waals surface area (Å²) in [6, 6.07) is 16.2. The highest BCUT2D eigenvalue weighted by Crippen LogP contribution is 2.50. The summed E-state index contributed by atoms with van der Waals surface area (Å²) in [5.41, 5.74) is 4.76. The zero-order valence-corrected chi connectivity index (χ0v) is 19.9. The molecule has 7 heteroatoms. The van der Waals surface area contributed by atoms with Crippen LogP contribution in [0.5, 0.6) is 0 Å². The van der Waals surface area contributed by atoms with Crippen molar-refractivity contribution in [1.29, 1.82) is 0 Å². The van der Waals surface area contributed by atoms with Gasteiger partial charge in [0.05, 0.1) is 6.42 Å². The zero-order valence-electron chi connectivity index (χ0n) is 19.9. The Morgan fingerprint density at radius 2 is 1.66 bits per heavy atom. The summed E-state index contributed by atoms with van der Waals surface area (Å²) in [6.45, 7) is 2.16. The lowest BCUT2D eigenvalue weighted by atomic mass is 9.71. The largest absolute Gasteiger partial charge is 0.481 e. The fraction of sp³-hybridized carbons (Fsp3) is 0.464. The number of hydrogen-bond acceptors (Lipinski definition) is 4. The van der Waals surface area contributed by atoms with Crippen LogP contribution in [0.2, 0.25) is 0 Å². The molecular formula is C28H32N2O5. The summed E-state index contributed by atoms with van der Waals surface area (Å²) in [5, 5.41) is 14.9. The summed E-state index contributed by atoms with van der Waals surface area (Å²) in [7, 11) is 0. The van der Waals surface area contributed by atoms with E-state index in [4.69, 9.17) is 9.84 Å². The van der Waals surface area contributed by atoms with Gasteiger partial charge in [0.1, 0.15) is 6.61 Å². The van der Waals surface area contributed by atoms with E-state index < -0.39 is 12.1 Å². The van der Waals surface area contributed by atoms with E-state index in [1.807, 2.05) is 31.2 Å². The fourth-order valence-electron chi connectivity index (χ4n) is 6.23. The Hall–Kier alpha value is -3.35. The lowest BCUT2D eigenvalue weighted by Crippen LogP contribution is -2.50. The van der Waals surface area contributed by atoms with E-state index in [0.29, 0.717) is 18.8 Å². The van der Waals surface area contributed by atoms with Crippen LogP contribution in [0.4, 0.5) is 4.79 Å². The highest BCUT2D eigenvalue weighted by atomic mass is 16.5. The molecule has 2 amide bonds. The minimum Gasteiger partial charge on any atom is -0.481 e. The van der Waals surface area contributed by atoms with Crippen molar-refractivity contribution in [1.82, 2.24) is 10.6 Å². The van der Waals surface area contributed by atoms with Gasteiger partial charge in [-0.15, -0.1) is 0 Å². The number of ether oxygens (including phenoxy) is 1. The number of rotatable bonds is 8. The van der Waals surface area contributed by atoms with Crippen LogP contribution in [0, 0.1) is 17.8 Å². The van der Waals surface area contributed by atoms with Crippen molar-refractivity contribution in [3.05, 3.63) is 59.7 Å². The Kier molecular flexibility index (Phi) is 6.50. The van der Waals surface area contributed by atoms with E-state index in [-0.39, 0.29) is 48.8 Å². The molecule has 184 valence electrons. The van der Waals surface area contributed by atoms with Crippen LogP contribution in [0.25, 0.3) is 11.1 Å². The zero-order chi connectivity index (χ0) is 24.5. The fourth-order valence-corrected chi connectivity index (χ4v) is 6.23. The maximum absolute atomic E-state index is 12.7. The van der Waals surface area contributed by atoms with Gasteiger partial charge in [-0.2, -0.15) is 0 Å². The molecule has 0 aliphatic heterocycles. The van der Waals surface area contributed by atoms with Gasteiger partial charge in [-0.3, -0.25) is 9.59 Å². The topological polar surface area (TPSA) is 105 Å². The second-order valence-corrected chi connectivity index (χ2v) is 10.1. The lowest BCUT2D eigenvalue weighted by Gasteiger charge is -2.40. The summed E-state index contributed by atoms with van der Waals surface area (Å²) in [4.78, 5) is 36.3. The van der Waals surface area contributed by atoms with Crippen molar-refractivity contribution in [3.63, 3.8) is 0 Å². The molecule has 0 spiro atoms. The molecule has 7 nitrogen and oxygen atoms in total. The van der Waals surface area contributed by atoms with Gasteiger partial charge in [0.15, 0.2) is 0 Å². The number of nitrogens with one attached hydrogen (secondary N) is 2. The number of carbonyl (C=O) groups excluding carboxylic acids is 2. The van der Waals surface area contributed by atoms with Gasteiger partial charge in [0.2, 0.25) is 5.91 Å². The minimum atomic E-state index is -0.906. The number of amides is 2. The van der Waals surface area contributed by atoms with Crippen LogP contribution in [0.1, 0.15) is 56.1 Å². The van der Waals surface area contributed by atoms with Crippen molar-refractivity contribution in [2.45, 2.75) is 57.0 Å². The third-order valence-corrected chi connectivity index (χ3v) is 8.10. The second-order valence-electron chi connectivity index (χ2n) is 10.1. The molecule has 0 heterocycles. The smallest absolute Gasteiger partial charge is 0.407 e. The molecule has 0 bridgehead atoms. The van der Waals surface area contributed by atoms with E-state index in [0.717, 1.165) is 12.8 Å². The molecule has 5 atom stereocenters. The highest BCUT2D eigenvalue weighted by molar-refractivity contribution is 5.81. The summed E-state index contributed by atoms with van der Waals surface area (Å²) >= 11 is 0. The van der Waals surface area contributed by atoms with Crippen LogP contribution >= 0.6 is 0 Å². The molecule has 2 unspecified atom stereocenters. The number of carboxylic acids is 1. The summed E-state index contributed by atoms with van der Waals surface area (Å²) in [5.74, 6) is -0.375. The first-order chi connectivity index (χ1) is 16.9. The molecule has 0 aromatic heterocycles. The predicted molar refractivity (Wildman–Crippen MR) is 131 cm³/mol. The number of alkyl carbamates (subject to hydrolysis) is 1. The van der Waals surface area contributed by atoms with E-state index in [2.05, 4.69) is 34.9 Å². The van der Waals surface area contributed by atoms with Crippen molar-refractivity contribution >= 4 is 18.0 Å². The molecule has 0 saturated heterocycles. The molecule has 0 radical (unpaired) electrons. The number of carbonyl (C=O) groups is 3. The summed E-state index contributed by atoms with van der Waals surface area (Å²) < 4.78 is 5.69. The second kappa shape index (κ2) is 9.72. The normalized spacial score (nSPS) is 24.9. The van der Waals surface area contributed by atoms with Gasteiger partial charge < -0.3 is 20.5 Å². The van der Waals surface area contributed by atoms with E-state index >= 15 is 0 Å². The van der Waals surface area contributed by atoms with E-state index in [1.54, 1.807) is 0 Å². The molecular weight excluding hydrogens is 444 g/mol. The monoisotopic (exact) mass is 476 g/mol. The van der Waals surface area contributed by atoms with Gasteiger partial charge in [0, 0.05) is 23.9 Å². The van der Waals surface area contributed by atoms with Crippen molar-refractivity contribution in [2.24, 2.45) is 17.8 Å². The molecule has 2 fully saturated rings. The Labute approximate surface area is 205 Å². The average Bonchev–Trinajstić information content (AvgIpc) is 3.35. The molecule has 2 saturated carbocycles. The standard InChI is InChI=1S/C28H32N2O5/c1-2-18(14-26(31)32)29-27(33)17-11-16-13-25(23(16)12-17)30-28(34)35-15-24-21-9-5-3-7-19(21)20-8-4-6-10-22(20)24/h3-10,16-18,23-25H,2,11-15H2,1H3,(H,29,33)(H,30,34)(H,31,32)/t16-,17?,18?,23-,25+/m1/s1. The maximum atomic E-state index is 12.7. The molecule has 3 aliphatic rings. The van der Waals surface area contributed by atoms with Crippen LogP contribution in [-0.2, 0) is 14.3 Å². The van der Waals surface area contributed by atoms with Gasteiger partial charge in [0.25, 0.3) is 0 Å². The molecule has 2 aromatic rings. The molecule has 35 heavy (non-hydrogen) atoms. The van der Waals surface area contributed by atoms with Crippen LogP contribution < -0.4 is 10.6 Å². The molecule has 5 rings (SSSR count). The Morgan fingerprint density at radius 3 is 2.29 bits per heavy atom. The molecule has 3 aliphatic carbocycles. The predicted octanol–water partition coefficient (Wildman–Crippen LogP) is 4.31. The van der Waals surface area contributed by atoms with Crippen LogP contribution in [-0.4, -0.2) is 41.8 Å². The van der Waals surface area contributed by atoms with E-state index in [9.17, 15) is 14.4 Å². The van der Waals surface area contributed by atoms with Gasteiger partial charge in [-0.1, -0.05) is 55.5 Å².